The summed E-state index contributed by atoms with van der Waals surface area (Å²) in [4.78, 5) is 21.7. The lowest BCUT2D eigenvalue weighted by Gasteiger charge is -2.04. The summed E-state index contributed by atoms with van der Waals surface area (Å²) >= 11 is 0. The maximum absolute atomic E-state index is 11.6. The van der Waals surface area contributed by atoms with E-state index in [1.807, 2.05) is 48.5 Å². The van der Waals surface area contributed by atoms with Crippen LogP contribution >= 0.6 is 0 Å². The zero-order valence-electron chi connectivity index (χ0n) is 12.3. The number of hydrogen-bond donors (Lipinski definition) is 1. The maximum atomic E-state index is 11.6. The SMILES string of the molecule is O=C(OCc1ccccc1)c1ccccc1.O=C1CCCN1. The Morgan fingerprint density at radius 1 is 1.00 bits per heavy atom. The second kappa shape index (κ2) is 8.62. The minimum atomic E-state index is -0.288. The molecule has 1 heterocycles. The van der Waals surface area contributed by atoms with Gasteiger partial charge in [0.05, 0.1) is 5.56 Å². The number of esters is 1. The molecule has 0 radical (unpaired) electrons. The van der Waals surface area contributed by atoms with Gasteiger partial charge in [0.1, 0.15) is 6.61 Å². The van der Waals surface area contributed by atoms with Gasteiger partial charge < -0.3 is 10.1 Å². The summed E-state index contributed by atoms with van der Waals surface area (Å²) in [6.45, 7) is 1.20. The summed E-state index contributed by atoms with van der Waals surface area (Å²) < 4.78 is 5.18. The fourth-order valence-electron chi connectivity index (χ4n) is 1.95. The fraction of sp³-hybridized carbons (Fsp3) is 0.222. The van der Waals surface area contributed by atoms with Crippen LogP contribution in [0.25, 0.3) is 0 Å². The first kappa shape index (κ1) is 15.8. The van der Waals surface area contributed by atoms with Gasteiger partial charge in [-0.25, -0.2) is 4.79 Å². The molecule has 0 aliphatic carbocycles. The standard InChI is InChI=1S/C14H12O2.C4H7NO/c15-14(13-9-5-2-6-10-13)16-11-12-7-3-1-4-8-12;6-4-2-1-3-5-4/h1-10H,11H2;1-3H2,(H,5,6). The first-order valence-corrected chi connectivity index (χ1v) is 7.28. The lowest BCUT2D eigenvalue weighted by atomic mass is 10.2. The summed E-state index contributed by atoms with van der Waals surface area (Å²) in [5.41, 5.74) is 1.57. The number of benzene rings is 2. The van der Waals surface area contributed by atoms with Crippen molar-refractivity contribution in [1.29, 1.82) is 0 Å². The zero-order chi connectivity index (χ0) is 15.6. The Labute approximate surface area is 130 Å². The third kappa shape index (κ3) is 5.40. The Kier molecular flexibility index (Phi) is 6.18. The van der Waals surface area contributed by atoms with Gasteiger partial charge in [0.15, 0.2) is 0 Å². The van der Waals surface area contributed by atoms with Crippen molar-refractivity contribution < 1.29 is 14.3 Å². The predicted molar refractivity (Wildman–Crippen MR) is 84.2 cm³/mol. The minimum absolute atomic E-state index is 0.204. The number of carbonyl (C=O) groups is 2. The van der Waals surface area contributed by atoms with E-state index in [0.717, 1.165) is 24.9 Å². The van der Waals surface area contributed by atoms with Crippen LogP contribution in [0.5, 0.6) is 0 Å². The van der Waals surface area contributed by atoms with Crippen molar-refractivity contribution in [3.05, 3.63) is 71.8 Å². The fourth-order valence-corrected chi connectivity index (χ4v) is 1.95. The van der Waals surface area contributed by atoms with Gasteiger partial charge in [-0.3, -0.25) is 4.79 Å². The molecule has 1 aliphatic rings. The molecular formula is C18H19NO3. The normalized spacial score (nSPS) is 12.8. The van der Waals surface area contributed by atoms with Crippen molar-refractivity contribution in [2.24, 2.45) is 0 Å². The lowest BCUT2D eigenvalue weighted by Crippen LogP contribution is -2.12. The summed E-state index contributed by atoms with van der Waals surface area (Å²) in [5.74, 6) is -0.0838. The van der Waals surface area contributed by atoms with Crippen molar-refractivity contribution in [2.45, 2.75) is 19.4 Å². The summed E-state index contributed by atoms with van der Waals surface area (Å²) in [6, 6.07) is 18.6. The molecule has 3 rings (SSSR count). The largest absolute Gasteiger partial charge is 0.457 e. The molecule has 22 heavy (non-hydrogen) atoms. The molecule has 1 N–H and O–H groups in total. The number of hydrogen-bond acceptors (Lipinski definition) is 3. The molecule has 0 atom stereocenters. The Morgan fingerprint density at radius 3 is 2.14 bits per heavy atom. The van der Waals surface area contributed by atoms with Crippen molar-refractivity contribution in [3.8, 4) is 0 Å². The van der Waals surface area contributed by atoms with Crippen molar-refractivity contribution in [2.75, 3.05) is 6.54 Å². The lowest BCUT2D eigenvalue weighted by molar-refractivity contribution is -0.119. The average molecular weight is 297 g/mol. The summed E-state index contributed by atoms with van der Waals surface area (Å²) in [6.07, 6.45) is 1.76. The molecule has 1 saturated heterocycles. The van der Waals surface area contributed by atoms with Crippen LogP contribution in [0.3, 0.4) is 0 Å². The number of nitrogens with one attached hydrogen (secondary N) is 1. The second-order valence-electron chi connectivity index (χ2n) is 4.88. The third-order valence-electron chi connectivity index (χ3n) is 3.13. The van der Waals surface area contributed by atoms with Gasteiger partial charge in [0.2, 0.25) is 5.91 Å². The van der Waals surface area contributed by atoms with Gasteiger partial charge >= 0.3 is 5.97 Å². The highest BCUT2D eigenvalue weighted by Gasteiger charge is 2.06. The highest BCUT2D eigenvalue weighted by atomic mass is 16.5. The molecular weight excluding hydrogens is 278 g/mol. The third-order valence-corrected chi connectivity index (χ3v) is 3.13. The molecule has 0 aromatic heterocycles. The Hall–Kier alpha value is -2.62. The molecule has 1 aliphatic heterocycles. The predicted octanol–water partition coefficient (Wildman–Crippen LogP) is 2.94. The van der Waals surface area contributed by atoms with E-state index < -0.39 is 0 Å². The van der Waals surface area contributed by atoms with Gasteiger partial charge in [-0.2, -0.15) is 0 Å². The van der Waals surface area contributed by atoms with Crippen molar-refractivity contribution in [3.63, 3.8) is 0 Å². The average Bonchev–Trinajstić information content (AvgIpc) is 3.06. The van der Waals surface area contributed by atoms with Crippen molar-refractivity contribution >= 4 is 11.9 Å². The van der Waals surface area contributed by atoms with Crippen LogP contribution in [0.2, 0.25) is 0 Å². The molecule has 1 fully saturated rings. The van der Waals surface area contributed by atoms with Gasteiger partial charge in [-0.05, 0) is 24.1 Å². The first-order valence-electron chi connectivity index (χ1n) is 7.28. The molecule has 4 heteroatoms. The molecule has 2 aromatic rings. The topological polar surface area (TPSA) is 55.4 Å². The van der Waals surface area contributed by atoms with Crippen LogP contribution in [0.15, 0.2) is 60.7 Å². The molecule has 0 bridgehead atoms. The number of ether oxygens (including phenoxy) is 1. The molecule has 4 nitrogen and oxygen atoms in total. The zero-order valence-corrected chi connectivity index (χ0v) is 12.3. The van der Waals surface area contributed by atoms with Crippen LogP contribution in [-0.2, 0) is 16.1 Å². The van der Waals surface area contributed by atoms with E-state index in [0.29, 0.717) is 12.2 Å². The van der Waals surface area contributed by atoms with Gasteiger partial charge in [-0.1, -0.05) is 48.5 Å². The Balaban J connectivity index is 0.000000246. The maximum Gasteiger partial charge on any atom is 0.338 e. The Morgan fingerprint density at radius 2 is 1.64 bits per heavy atom. The van der Waals surface area contributed by atoms with Gasteiger partial charge in [0, 0.05) is 13.0 Å². The van der Waals surface area contributed by atoms with Crippen LogP contribution in [0.4, 0.5) is 0 Å². The van der Waals surface area contributed by atoms with Crippen LogP contribution < -0.4 is 5.32 Å². The molecule has 0 saturated carbocycles. The van der Waals surface area contributed by atoms with E-state index >= 15 is 0 Å². The highest BCUT2D eigenvalue weighted by molar-refractivity contribution is 5.89. The van der Waals surface area contributed by atoms with Gasteiger partial charge in [0.25, 0.3) is 0 Å². The van der Waals surface area contributed by atoms with E-state index in [4.69, 9.17) is 4.74 Å². The number of rotatable bonds is 3. The molecule has 2 aromatic carbocycles. The highest BCUT2D eigenvalue weighted by Crippen LogP contribution is 2.05. The molecule has 0 unspecified atom stereocenters. The van der Waals surface area contributed by atoms with E-state index in [1.54, 1.807) is 12.1 Å². The number of carbonyl (C=O) groups excluding carboxylic acids is 2. The molecule has 0 spiro atoms. The summed E-state index contributed by atoms with van der Waals surface area (Å²) in [7, 11) is 0. The number of amides is 1. The van der Waals surface area contributed by atoms with Crippen molar-refractivity contribution in [1.82, 2.24) is 5.32 Å². The Bertz CT molecular complexity index is 588. The van der Waals surface area contributed by atoms with Gasteiger partial charge in [-0.15, -0.1) is 0 Å². The monoisotopic (exact) mass is 297 g/mol. The van der Waals surface area contributed by atoms with E-state index in [-0.39, 0.29) is 11.9 Å². The minimum Gasteiger partial charge on any atom is -0.457 e. The summed E-state index contributed by atoms with van der Waals surface area (Å²) in [5, 5.41) is 2.68. The second-order valence-corrected chi connectivity index (χ2v) is 4.88. The first-order chi connectivity index (χ1) is 10.8. The van der Waals surface area contributed by atoms with Crippen LogP contribution in [0.1, 0.15) is 28.8 Å². The smallest absolute Gasteiger partial charge is 0.338 e. The van der Waals surface area contributed by atoms with E-state index in [2.05, 4.69) is 5.32 Å². The van der Waals surface area contributed by atoms with Crippen LogP contribution in [-0.4, -0.2) is 18.4 Å². The van der Waals surface area contributed by atoms with E-state index in [1.165, 1.54) is 0 Å². The molecule has 114 valence electrons. The van der Waals surface area contributed by atoms with Crippen LogP contribution in [0, 0.1) is 0 Å². The van der Waals surface area contributed by atoms with E-state index in [9.17, 15) is 9.59 Å². The molecule has 1 amide bonds. The quantitative estimate of drug-likeness (QED) is 0.886.